The molecule has 0 saturated carbocycles. The van der Waals surface area contributed by atoms with Crippen molar-refractivity contribution in [3.63, 3.8) is 0 Å². The molecule has 1 N–H and O–H groups in total. The zero-order valence-corrected chi connectivity index (χ0v) is 15.2. The number of anilines is 1. The van der Waals surface area contributed by atoms with Crippen molar-refractivity contribution in [3.05, 3.63) is 35.0 Å². The second-order valence-corrected chi connectivity index (χ2v) is 7.42. The first kappa shape index (κ1) is 16.6. The van der Waals surface area contributed by atoms with Crippen LogP contribution in [0.4, 0.5) is 5.95 Å². The Hall–Kier alpha value is -2.90. The van der Waals surface area contributed by atoms with Gasteiger partial charge in [-0.3, -0.25) is 4.79 Å². The van der Waals surface area contributed by atoms with Crippen LogP contribution in [0.1, 0.15) is 38.3 Å². The Morgan fingerprint density at radius 2 is 1.96 bits per heavy atom. The number of benzene rings is 1. The number of tetrazole rings is 1. The van der Waals surface area contributed by atoms with Crippen LogP contribution in [-0.4, -0.2) is 40.2 Å². The first-order chi connectivity index (χ1) is 12.4. The number of carbonyl (C=O) groups excluding carboxylic acids is 1. The summed E-state index contributed by atoms with van der Waals surface area (Å²) >= 11 is 0. The molecule has 8 heteroatoms. The van der Waals surface area contributed by atoms with E-state index in [1.807, 2.05) is 18.2 Å². The van der Waals surface area contributed by atoms with Crippen LogP contribution in [0.2, 0.25) is 0 Å². The van der Waals surface area contributed by atoms with Gasteiger partial charge in [0.2, 0.25) is 5.95 Å². The average Bonchev–Trinajstić information content (AvgIpc) is 3.06. The van der Waals surface area contributed by atoms with Crippen molar-refractivity contribution in [1.29, 1.82) is 0 Å². The number of hydrogen-bond acceptors (Lipinski definition) is 7. The molecular weight excluding hydrogens is 334 g/mol. The molecule has 0 amide bonds. The van der Waals surface area contributed by atoms with E-state index in [-0.39, 0.29) is 17.2 Å². The normalized spacial score (nSPS) is 20.9. The molecule has 8 nitrogen and oxygen atoms in total. The Bertz CT molecular complexity index is 915. The molecule has 0 spiro atoms. The van der Waals surface area contributed by atoms with Crippen LogP contribution >= 0.6 is 0 Å². The molecule has 0 bridgehead atoms. The van der Waals surface area contributed by atoms with Crippen LogP contribution in [-0.2, 0) is 4.79 Å². The van der Waals surface area contributed by atoms with Gasteiger partial charge in [0.25, 0.3) is 0 Å². The molecule has 1 aromatic heterocycles. The quantitative estimate of drug-likeness (QED) is 0.903. The van der Waals surface area contributed by atoms with Gasteiger partial charge < -0.3 is 14.8 Å². The molecule has 2 aromatic rings. The monoisotopic (exact) mass is 355 g/mol. The Morgan fingerprint density at radius 3 is 2.69 bits per heavy atom. The molecule has 0 radical (unpaired) electrons. The second kappa shape index (κ2) is 5.82. The number of nitrogens with one attached hydrogen (secondary N) is 1. The first-order valence-corrected chi connectivity index (χ1v) is 8.46. The summed E-state index contributed by atoms with van der Waals surface area (Å²) in [4.78, 5) is 13.0. The number of ketones is 1. The van der Waals surface area contributed by atoms with Crippen molar-refractivity contribution in [2.75, 3.05) is 19.5 Å². The summed E-state index contributed by atoms with van der Waals surface area (Å²) in [6, 6.07) is 5.23. The fourth-order valence-electron chi connectivity index (χ4n) is 3.80. The lowest BCUT2D eigenvalue weighted by atomic mass is 9.73. The molecule has 1 aliphatic heterocycles. The van der Waals surface area contributed by atoms with Crippen LogP contribution < -0.4 is 14.8 Å². The standard InChI is InChI=1S/C18H21N5O3/c1-18(2)8-11-15(12(24)9-18)16(23-17(19-11)20-21-22-23)10-5-6-13(25-3)14(7-10)26-4/h5-7,16H,8-9H2,1-4H3,(H,19,20,22)/t16-/m0/s1. The number of rotatable bonds is 3. The SMILES string of the molecule is COc1ccc([C@H]2C3=C(CC(C)(C)CC3=O)Nc3nnnn32)cc1OC. The molecule has 1 aliphatic carbocycles. The van der Waals surface area contributed by atoms with Crippen LogP contribution in [0.5, 0.6) is 11.5 Å². The van der Waals surface area contributed by atoms with Crippen molar-refractivity contribution >= 4 is 11.7 Å². The lowest BCUT2D eigenvalue weighted by Gasteiger charge is -2.37. The summed E-state index contributed by atoms with van der Waals surface area (Å²) in [5, 5.41) is 15.2. The summed E-state index contributed by atoms with van der Waals surface area (Å²) in [5.74, 6) is 1.88. The summed E-state index contributed by atoms with van der Waals surface area (Å²) in [6.45, 7) is 4.19. The molecule has 2 aliphatic rings. The fraction of sp³-hybridized carbons (Fsp3) is 0.444. The number of hydrogen-bond donors (Lipinski definition) is 1. The smallest absolute Gasteiger partial charge is 0.248 e. The minimum Gasteiger partial charge on any atom is -0.493 e. The van der Waals surface area contributed by atoms with Gasteiger partial charge in [0.1, 0.15) is 6.04 Å². The molecule has 4 rings (SSSR count). The summed E-state index contributed by atoms with van der Waals surface area (Å²) < 4.78 is 12.4. The average molecular weight is 355 g/mol. The Balaban J connectivity index is 1.89. The van der Waals surface area contributed by atoms with Gasteiger partial charge in [0.05, 0.1) is 14.2 Å². The van der Waals surface area contributed by atoms with Gasteiger partial charge >= 0.3 is 0 Å². The highest BCUT2D eigenvalue weighted by atomic mass is 16.5. The van der Waals surface area contributed by atoms with Crippen LogP contribution in [0.3, 0.4) is 0 Å². The maximum Gasteiger partial charge on any atom is 0.248 e. The van der Waals surface area contributed by atoms with E-state index in [9.17, 15) is 4.79 Å². The number of methoxy groups -OCH3 is 2. The minimum absolute atomic E-state index is 0.0965. The van der Waals surface area contributed by atoms with Crippen LogP contribution in [0, 0.1) is 5.41 Å². The number of allylic oxidation sites excluding steroid dienone is 2. The van der Waals surface area contributed by atoms with Crippen molar-refractivity contribution in [3.8, 4) is 11.5 Å². The first-order valence-electron chi connectivity index (χ1n) is 8.46. The van der Waals surface area contributed by atoms with Crippen molar-refractivity contribution in [2.24, 2.45) is 5.41 Å². The molecule has 0 unspecified atom stereocenters. The minimum atomic E-state index is -0.389. The summed E-state index contributed by atoms with van der Waals surface area (Å²) in [5.41, 5.74) is 2.39. The molecule has 0 saturated heterocycles. The Kier molecular flexibility index (Phi) is 3.71. The van der Waals surface area contributed by atoms with E-state index in [4.69, 9.17) is 9.47 Å². The van der Waals surface area contributed by atoms with E-state index in [1.54, 1.807) is 18.9 Å². The van der Waals surface area contributed by atoms with E-state index in [2.05, 4.69) is 34.7 Å². The predicted octanol–water partition coefficient (Wildman–Crippen LogP) is 2.35. The van der Waals surface area contributed by atoms with Gasteiger partial charge in [-0.2, -0.15) is 4.68 Å². The van der Waals surface area contributed by atoms with E-state index in [0.717, 1.165) is 23.3 Å². The van der Waals surface area contributed by atoms with Gasteiger partial charge in [0, 0.05) is 17.7 Å². The predicted molar refractivity (Wildman–Crippen MR) is 94.2 cm³/mol. The third kappa shape index (κ3) is 2.53. The molecule has 136 valence electrons. The number of aromatic nitrogens is 4. The van der Waals surface area contributed by atoms with Gasteiger partial charge in [-0.15, -0.1) is 0 Å². The number of ether oxygens (including phenoxy) is 2. The van der Waals surface area contributed by atoms with Crippen molar-refractivity contribution < 1.29 is 14.3 Å². The number of Topliss-reactive ketones (excluding diaryl/α,β-unsaturated/α-hetero) is 1. The molecule has 26 heavy (non-hydrogen) atoms. The van der Waals surface area contributed by atoms with Gasteiger partial charge in [-0.05, 0) is 40.0 Å². The topological polar surface area (TPSA) is 91.2 Å². The van der Waals surface area contributed by atoms with E-state index in [1.165, 1.54) is 0 Å². The Labute approximate surface area is 151 Å². The van der Waals surface area contributed by atoms with Crippen molar-refractivity contribution in [2.45, 2.75) is 32.7 Å². The number of nitrogens with zero attached hydrogens (tertiary/aromatic N) is 4. The molecule has 0 fully saturated rings. The van der Waals surface area contributed by atoms with E-state index < -0.39 is 0 Å². The summed E-state index contributed by atoms with van der Waals surface area (Å²) in [6.07, 6.45) is 1.26. The van der Waals surface area contributed by atoms with Gasteiger partial charge in [-0.25, -0.2) is 0 Å². The molecule has 2 heterocycles. The maximum absolute atomic E-state index is 13.0. The number of carbonyl (C=O) groups is 1. The third-order valence-corrected chi connectivity index (χ3v) is 4.92. The van der Waals surface area contributed by atoms with Gasteiger partial charge in [-0.1, -0.05) is 25.0 Å². The highest BCUT2D eigenvalue weighted by Gasteiger charge is 2.41. The van der Waals surface area contributed by atoms with Crippen molar-refractivity contribution in [1.82, 2.24) is 20.2 Å². The zero-order valence-electron chi connectivity index (χ0n) is 15.2. The highest BCUT2D eigenvalue weighted by Crippen LogP contribution is 2.45. The highest BCUT2D eigenvalue weighted by molar-refractivity contribution is 6.00. The lowest BCUT2D eigenvalue weighted by molar-refractivity contribution is -0.118. The third-order valence-electron chi connectivity index (χ3n) is 4.92. The molecule has 1 aromatic carbocycles. The van der Waals surface area contributed by atoms with E-state index >= 15 is 0 Å². The fourth-order valence-corrected chi connectivity index (χ4v) is 3.80. The lowest BCUT2D eigenvalue weighted by Crippen LogP contribution is -2.36. The largest absolute Gasteiger partial charge is 0.493 e. The number of fused-ring (bicyclic) bond motifs is 1. The van der Waals surface area contributed by atoms with Crippen LogP contribution in [0.15, 0.2) is 29.5 Å². The van der Waals surface area contributed by atoms with Crippen LogP contribution in [0.25, 0.3) is 0 Å². The molecule has 1 atom stereocenters. The van der Waals surface area contributed by atoms with E-state index in [0.29, 0.717) is 23.9 Å². The maximum atomic E-state index is 13.0. The summed E-state index contributed by atoms with van der Waals surface area (Å²) in [7, 11) is 3.18. The second-order valence-electron chi connectivity index (χ2n) is 7.42. The van der Waals surface area contributed by atoms with Gasteiger partial charge in [0.15, 0.2) is 17.3 Å². The molecular formula is C18H21N5O3. The Morgan fingerprint density at radius 1 is 1.19 bits per heavy atom. The zero-order chi connectivity index (χ0) is 18.5.